The number of nitrogens with one attached hydrogen (secondary N) is 5. The van der Waals surface area contributed by atoms with Crippen LogP contribution in [0.5, 0.6) is 11.5 Å². The van der Waals surface area contributed by atoms with Gasteiger partial charge in [0.2, 0.25) is 23.6 Å². The van der Waals surface area contributed by atoms with Crippen LogP contribution in [0.15, 0.2) is 175 Å². The molecule has 0 saturated heterocycles. The third kappa shape index (κ3) is 18.6. The normalized spacial score (nSPS) is 22.0. The van der Waals surface area contributed by atoms with Crippen LogP contribution in [0, 0.1) is 53.3 Å². The Hall–Kier alpha value is -8.07. The maximum atomic E-state index is 14.7. The van der Waals surface area contributed by atoms with Crippen LogP contribution in [0.3, 0.4) is 0 Å². The number of carbonyl (C=O) groups excluding carboxylic acids is 5. The SMILES string of the molecule is COc1ccc(C(NCCCC[C@@H](NC(=O)[C@@H](Cc2ccccc2)NC(=O)CCC(=O)NCCCO[C@H]2CC[C@@]3(C)C(=CC[C@H]4[C@@H]5CC[C@H]([C@H](C)CCCC(C)C)[C@@]5(C)CC[C@@H]43)C2)C(=O)Nc2ccc(COC(=O)Oc3ccc(C)cc3)cc2)(c2ccccc2)c2ccccc2)cc1. The largest absolute Gasteiger partial charge is 0.514 e. The van der Waals surface area contributed by atoms with E-state index in [1.54, 1.807) is 49.1 Å². The second-order valence-electron chi connectivity index (χ2n) is 29.4. The van der Waals surface area contributed by atoms with Gasteiger partial charge in [-0.2, -0.15) is 0 Å². The number of unbranched alkanes of at least 4 members (excludes halogenated alkanes) is 1. The predicted octanol–water partition coefficient (Wildman–Crippen LogP) is 16.3. The summed E-state index contributed by atoms with van der Waals surface area (Å²) in [6.45, 7) is 15.9. The highest BCUT2D eigenvalue weighted by molar-refractivity contribution is 5.98. The van der Waals surface area contributed by atoms with Gasteiger partial charge in [0.15, 0.2) is 0 Å². The zero-order valence-electron chi connectivity index (χ0n) is 59.1. The van der Waals surface area contributed by atoms with E-state index in [1.165, 1.54) is 57.8 Å². The van der Waals surface area contributed by atoms with Gasteiger partial charge in [0.1, 0.15) is 30.2 Å². The molecule has 3 fully saturated rings. The first-order chi connectivity index (χ1) is 47.4. The van der Waals surface area contributed by atoms with Crippen molar-refractivity contribution in [3.8, 4) is 11.5 Å². The zero-order chi connectivity index (χ0) is 69.1. The van der Waals surface area contributed by atoms with E-state index >= 15 is 0 Å². The summed E-state index contributed by atoms with van der Waals surface area (Å²) in [6.07, 6.45) is 18.1. The molecule has 6 aromatic rings. The van der Waals surface area contributed by atoms with E-state index in [2.05, 4.69) is 104 Å². The first-order valence-electron chi connectivity index (χ1n) is 36.5. The minimum atomic E-state index is -1.07. The molecule has 10 rings (SSSR count). The fraction of sp³-hybridized carbons (Fsp3) is 0.488. The number of benzene rings is 6. The number of carbonyl (C=O) groups is 5. The van der Waals surface area contributed by atoms with Crippen LogP contribution < -0.4 is 36.1 Å². The van der Waals surface area contributed by atoms with Crippen molar-refractivity contribution in [3.05, 3.63) is 209 Å². The molecule has 0 aliphatic heterocycles. The van der Waals surface area contributed by atoms with Gasteiger partial charge in [-0.05, 0) is 201 Å². The third-order valence-electron chi connectivity index (χ3n) is 22.4. The molecule has 4 aliphatic carbocycles. The Bertz CT molecular complexity index is 3530. The molecule has 14 nitrogen and oxygen atoms in total. The summed E-state index contributed by atoms with van der Waals surface area (Å²) in [6, 6.07) is 49.9. The van der Waals surface area contributed by atoms with Gasteiger partial charge in [-0.1, -0.05) is 198 Å². The quantitative estimate of drug-likeness (QED) is 0.00874. The Balaban J connectivity index is 0.733. The number of aryl methyl sites for hydroxylation is 1. The molecule has 0 unspecified atom stereocenters. The molecule has 10 atom stereocenters. The number of hydrogen-bond acceptors (Lipinski definition) is 10. The number of allylic oxidation sites excluding steroid dienone is 1. The minimum absolute atomic E-state index is 0.0579. The average Bonchev–Trinajstić information content (AvgIpc) is 1.37. The van der Waals surface area contributed by atoms with E-state index < -0.39 is 41.5 Å². The fourth-order valence-corrected chi connectivity index (χ4v) is 17.1. The Kier molecular flexibility index (Phi) is 25.7. The maximum Gasteiger partial charge on any atom is 0.514 e. The molecule has 0 bridgehead atoms. The van der Waals surface area contributed by atoms with Crippen molar-refractivity contribution < 1.29 is 42.9 Å². The molecule has 0 spiro atoms. The highest BCUT2D eigenvalue weighted by atomic mass is 16.7. The Morgan fingerprint density at radius 1 is 0.602 bits per heavy atom. The van der Waals surface area contributed by atoms with Gasteiger partial charge in [-0.25, -0.2) is 4.79 Å². The molecule has 5 N–H and O–H groups in total. The van der Waals surface area contributed by atoms with Crippen molar-refractivity contribution in [1.29, 1.82) is 0 Å². The van der Waals surface area contributed by atoms with E-state index in [9.17, 15) is 24.0 Å². The molecule has 98 heavy (non-hydrogen) atoms. The number of anilines is 1. The van der Waals surface area contributed by atoms with E-state index in [4.69, 9.17) is 18.9 Å². The van der Waals surface area contributed by atoms with Crippen LogP contribution >= 0.6 is 0 Å². The van der Waals surface area contributed by atoms with Crippen LogP contribution in [-0.2, 0) is 47.2 Å². The third-order valence-corrected chi connectivity index (χ3v) is 22.4. The first-order valence-corrected chi connectivity index (χ1v) is 36.5. The lowest BCUT2D eigenvalue weighted by atomic mass is 9.47. The van der Waals surface area contributed by atoms with Crippen LogP contribution in [0.4, 0.5) is 10.5 Å². The van der Waals surface area contributed by atoms with Gasteiger partial charge < -0.3 is 40.2 Å². The van der Waals surface area contributed by atoms with Gasteiger partial charge in [0, 0.05) is 38.1 Å². The van der Waals surface area contributed by atoms with Crippen LogP contribution in [-0.4, -0.2) is 74.8 Å². The van der Waals surface area contributed by atoms with Crippen molar-refractivity contribution in [1.82, 2.24) is 21.3 Å². The molecule has 0 heterocycles. The number of methoxy groups -OCH3 is 1. The molecule has 0 aromatic heterocycles. The van der Waals surface area contributed by atoms with E-state index in [0.29, 0.717) is 61.4 Å². The topological polar surface area (TPSA) is 182 Å². The van der Waals surface area contributed by atoms with Gasteiger partial charge >= 0.3 is 6.16 Å². The highest BCUT2D eigenvalue weighted by Crippen LogP contribution is 2.67. The number of hydrogen-bond donors (Lipinski definition) is 5. The van der Waals surface area contributed by atoms with Gasteiger partial charge in [-0.3, -0.25) is 24.5 Å². The number of rotatable bonds is 33. The lowest BCUT2D eigenvalue weighted by Gasteiger charge is -2.58. The number of amides is 4. The van der Waals surface area contributed by atoms with Crippen molar-refractivity contribution in [3.63, 3.8) is 0 Å². The standard InChI is InChI=1S/C84H107N5O9/c1-58(2)21-19-22-60(4)72-44-45-73-71-43-36-66-56-70(48-50-82(66,5)74(71)49-51-83(72,73)6)96-54-20-52-85-77(90)46-47-78(91)88-76(55-61-23-11-8-12-24-61)80(93)89-75(79(92)87-67-37-32-62(33-38-67)57-97-81(94)98-69-39-30-59(3)31-40-69)29-17-18-53-86-84(63-25-13-9-14-26-63,64-27-15-10-16-28-64)65-34-41-68(95-7)42-35-65/h8-16,23-28,30-42,58,60,70-76,86H,17-22,29,43-57H2,1-7H3,(H,85,90)(H,87,92)(H,88,91)(H,89,93)/t60-,70+,71+,72-,73+,74+,75-,76-,82+,83-/m1/s1. The highest BCUT2D eigenvalue weighted by Gasteiger charge is 2.59. The first kappa shape index (κ1) is 72.7. The zero-order valence-corrected chi connectivity index (χ0v) is 59.1. The fourth-order valence-electron chi connectivity index (χ4n) is 17.1. The summed E-state index contributed by atoms with van der Waals surface area (Å²) in [7, 11) is 1.65. The second kappa shape index (κ2) is 34.6. The van der Waals surface area contributed by atoms with Crippen molar-refractivity contribution in [2.45, 2.75) is 187 Å². The molecule has 0 radical (unpaired) electrons. The summed E-state index contributed by atoms with van der Waals surface area (Å²) >= 11 is 0. The van der Waals surface area contributed by atoms with Crippen molar-refractivity contribution >= 4 is 35.5 Å². The van der Waals surface area contributed by atoms with Crippen molar-refractivity contribution in [2.75, 3.05) is 32.1 Å². The van der Waals surface area contributed by atoms with E-state index in [-0.39, 0.29) is 49.7 Å². The molecule has 4 aliphatic rings. The molecular formula is C84H107N5O9. The van der Waals surface area contributed by atoms with Gasteiger partial charge in [-0.15, -0.1) is 0 Å². The molecule has 4 amide bonds. The lowest BCUT2D eigenvalue weighted by Crippen LogP contribution is -2.53. The van der Waals surface area contributed by atoms with E-state index in [0.717, 1.165) is 81.9 Å². The summed E-state index contributed by atoms with van der Waals surface area (Å²) < 4.78 is 22.8. The summed E-state index contributed by atoms with van der Waals surface area (Å²) in [4.78, 5) is 69.0. The maximum absolute atomic E-state index is 14.7. The van der Waals surface area contributed by atoms with Gasteiger partial charge in [0.05, 0.1) is 18.8 Å². The molecule has 14 heteroatoms. The number of ether oxygens (including phenoxy) is 4. The lowest BCUT2D eigenvalue weighted by molar-refractivity contribution is -0.131. The van der Waals surface area contributed by atoms with Gasteiger partial charge in [0.25, 0.3) is 0 Å². The summed E-state index contributed by atoms with van der Waals surface area (Å²) in [5.41, 5.74) is 7.68. The number of fused-ring (bicyclic) bond motifs is 5. The predicted molar refractivity (Wildman–Crippen MR) is 388 cm³/mol. The van der Waals surface area contributed by atoms with Crippen molar-refractivity contribution in [2.24, 2.45) is 46.3 Å². The minimum Gasteiger partial charge on any atom is -0.497 e. The molecule has 6 aromatic carbocycles. The van der Waals surface area contributed by atoms with Crippen LogP contribution in [0.2, 0.25) is 0 Å². The second-order valence-corrected chi connectivity index (χ2v) is 29.4. The molecule has 522 valence electrons. The average molecular weight is 1330 g/mol. The van der Waals surface area contributed by atoms with Crippen LogP contribution in [0.25, 0.3) is 0 Å². The summed E-state index contributed by atoms with van der Waals surface area (Å²) in [5.74, 6) is 4.28. The molecular weight excluding hydrogens is 1220 g/mol. The Morgan fingerprint density at radius 2 is 1.27 bits per heavy atom. The van der Waals surface area contributed by atoms with Crippen LogP contribution in [0.1, 0.15) is 177 Å². The smallest absolute Gasteiger partial charge is 0.497 e. The Labute approximate surface area is 583 Å². The monoisotopic (exact) mass is 1330 g/mol. The molecule has 3 saturated carbocycles. The Morgan fingerprint density at radius 3 is 1.95 bits per heavy atom. The van der Waals surface area contributed by atoms with E-state index in [1.807, 2.05) is 97.9 Å². The summed E-state index contributed by atoms with van der Waals surface area (Å²) in [5, 5.41) is 15.9.